The minimum absolute atomic E-state index is 0.319. The molecule has 110 valence electrons. The number of nitrogens with one attached hydrogen (secondary N) is 1. The molecule has 0 amide bonds. The van der Waals surface area contributed by atoms with Crippen molar-refractivity contribution in [2.75, 3.05) is 29.9 Å². The van der Waals surface area contributed by atoms with Crippen LogP contribution in [0.4, 0.5) is 11.6 Å². The van der Waals surface area contributed by atoms with Crippen molar-refractivity contribution in [3.8, 4) is 0 Å². The van der Waals surface area contributed by atoms with Crippen LogP contribution in [0.5, 0.6) is 0 Å². The molecule has 2 unspecified atom stereocenters. The summed E-state index contributed by atoms with van der Waals surface area (Å²) < 4.78 is 5.84. The van der Waals surface area contributed by atoms with Gasteiger partial charge in [-0.2, -0.15) is 0 Å². The molecule has 2 atom stereocenters. The molecule has 2 fully saturated rings. The average molecular weight is 316 g/mol. The molecule has 1 saturated heterocycles. The number of hydrogen-bond donors (Lipinski definition) is 1. The topological polar surface area (TPSA) is 37.4 Å². The van der Waals surface area contributed by atoms with Crippen LogP contribution in [0.15, 0.2) is 6.07 Å². The number of morpholine rings is 1. The average Bonchev–Trinajstić information content (AvgIpc) is 2.90. The summed E-state index contributed by atoms with van der Waals surface area (Å²) in [5, 5.41) is 4.36. The standard InChI is InChI=1S/C14H19Cl2N3O/c1-2-17-13-9(15)8-10(16)14(18-13)19-6-7-20-12-5-3-4-11(12)19/h8,11-12H,2-7H2,1H3,(H,17,18). The van der Waals surface area contributed by atoms with Gasteiger partial charge in [-0.25, -0.2) is 4.98 Å². The fourth-order valence-electron chi connectivity index (χ4n) is 3.14. The Labute approximate surface area is 129 Å². The van der Waals surface area contributed by atoms with E-state index in [1.165, 1.54) is 6.42 Å². The first-order valence-electron chi connectivity index (χ1n) is 7.19. The SMILES string of the molecule is CCNc1nc(N2CCOC3CCCC32)c(Cl)cc1Cl. The van der Waals surface area contributed by atoms with E-state index < -0.39 is 0 Å². The molecular formula is C14H19Cl2N3O. The quantitative estimate of drug-likeness (QED) is 0.925. The number of hydrogen-bond acceptors (Lipinski definition) is 4. The van der Waals surface area contributed by atoms with Gasteiger partial charge in [0.1, 0.15) is 11.6 Å². The second-order valence-electron chi connectivity index (χ2n) is 5.26. The molecular weight excluding hydrogens is 297 g/mol. The van der Waals surface area contributed by atoms with E-state index in [9.17, 15) is 0 Å². The van der Waals surface area contributed by atoms with Gasteiger partial charge in [0.25, 0.3) is 0 Å². The van der Waals surface area contributed by atoms with E-state index >= 15 is 0 Å². The van der Waals surface area contributed by atoms with Crippen molar-refractivity contribution in [2.24, 2.45) is 0 Å². The van der Waals surface area contributed by atoms with Crippen molar-refractivity contribution in [3.05, 3.63) is 16.1 Å². The number of fused-ring (bicyclic) bond motifs is 1. The zero-order chi connectivity index (χ0) is 14.1. The lowest BCUT2D eigenvalue weighted by atomic mass is 10.1. The molecule has 1 aliphatic carbocycles. The molecule has 0 bridgehead atoms. The summed E-state index contributed by atoms with van der Waals surface area (Å²) in [6.45, 7) is 4.37. The molecule has 0 aromatic carbocycles. The fourth-order valence-corrected chi connectivity index (χ4v) is 3.67. The Hall–Kier alpha value is -0.710. The number of halogens is 2. The molecule has 1 saturated carbocycles. The maximum absolute atomic E-state index is 6.37. The van der Waals surface area contributed by atoms with Crippen molar-refractivity contribution in [2.45, 2.75) is 38.3 Å². The largest absolute Gasteiger partial charge is 0.374 e. The molecule has 20 heavy (non-hydrogen) atoms. The van der Waals surface area contributed by atoms with Crippen molar-refractivity contribution in [1.82, 2.24) is 4.98 Å². The first kappa shape index (κ1) is 14.2. The van der Waals surface area contributed by atoms with Gasteiger partial charge in [0, 0.05) is 13.1 Å². The highest BCUT2D eigenvalue weighted by Gasteiger charge is 2.37. The molecule has 1 aromatic heterocycles. The first-order chi connectivity index (χ1) is 9.70. The molecule has 2 heterocycles. The second-order valence-corrected chi connectivity index (χ2v) is 6.07. The Bertz CT molecular complexity index is 498. The number of rotatable bonds is 3. The Kier molecular flexibility index (Phi) is 4.24. The normalized spacial score (nSPS) is 25.6. The molecule has 3 rings (SSSR count). The third-order valence-corrected chi connectivity index (χ3v) is 4.58. The summed E-state index contributed by atoms with van der Waals surface area (Å²) in [4.78, 5) is 6.93. The summed E-state index contributed by atoms with van der Waals surface area (Å²) in [5.74, 6) is 1.53. The molecule has 0 radical (unpaired) electrons. The van der Waals surface area contributed by atoms with Gasteiger partial charge in [0.2, 0.25) is 0 Å². The molecule has 4 nitrogen and oxygen atoms in total. The Morgan fingerprint density at radius 1 is 1.40 bits per heavy atom. The number of pyridine rings is 1. The molecule has 1 aliphatic heterocycles. The van der Waals surface area contributed by atoms with Crippen LogP contribution in [0.3, 0.4) is 0 Å². The van der Waals surface area contributed by atoms with E-state index in [0.717, 1.165) is 38.4 Å². The highest BCUT2D eigenvalue weighted by molar-refractivity contribution is 6.37. The van der Waals surface area contributed by atoms with Gasteiger partial charge in [-0.1, -0.05) is 23.2 Å². The molecule has 1 aromatic rings. The lowest BCUT2D eigenvalue weighted by molar-refractivity contribution is 0.0253. The summed E-state index contributed by atoms with van der Waals surface area (Å²) in [5.41, 5.74) is 0. The lowest BCUT2D eigenvalue weighted by Gasteiger charge is -2.39. The van der Waals surface area contributed by atoms with E-state index in [4.69, 9.17) is 27.9 Å². The molecule has 1 N–H and O–H groups in total. The smallest absolute Gasteiger partial charge is 0.150 e. The summed E-state index contributed by atoms with van der Waals surface area (Å²) in [6, 6.07) is 2.17. The van der Waals surface area contributed by atoms with Gasteiger partial charge in [0.15, 0.2) is 0 Å². The van der Waals surface area contributed by atoms with Gasteiger partial charge >= 0.3 is 0 Å². The van der Waals surface area contributed by atoms with Gasteiger partial charge in [-0.3, -0.25) is 0 Å². The Morgan fingerprint density at radius 3 is 3.05 bits per heavy atom. The van der Waals surface area contributed by atoms with Crippen molar-refractivity contribution in [1.29, 1.82) is 0 Å². The predicted molar refractivity (Wildman–Crippen MR) is 83.1 cm³/mol. The van der Waals surface area contributed by atoms with Crippen LogP contribution in [-0.4, -0.2) is 36.8 Å². The van der Waals surface area contributed by atoms with E-state index in [2.05, 4.69) is 15.2 Å². The molecule has 2 aliphatic rings. The van der Waals surface area contributed by atoms with Crippen LogP contribution < -0.4 is 10.2 Å². The Morgan fingerprint density at radius 2 is 2.25 bits per heavy atom. The number of ether oxygens (including phenoxy) is 1. The van der Waals surface area contributed by atoms with Gasteiger partial charge in [-0.15, -0.1) is 0 Å². The third-order valence-electron chi connectivity index (χ3n) is 4.01. The van der Waals surface area contributed by atoms with Crippen molar-refractivity contribution >= 4 is 34.8 Å². The minimum Gasteiger partial charge on any atom is -0.374 e. The molecule has 0 spiro atoms. The minimum atomic E-state index is 0.319. The predicted octanol–water partition coefficient (Wildman–Crippen LogP) is 3.58. The van der Waals surface area contributed by atoms with Crippen LogP contribution in [0.2, 0.25) is 10.0 Å². The van der Waals surface area contributed by atoms with Crippen molar-refractivity contribution in [3.63, 3.8) is 0 Å². The maximum atomic E-state index is 6.37. The lowest BCUT2D eigenvalue weighted by Crippen LogP contribution is -2.49. The van der Waals surface area contributed by atoms with Crippen molar-refractivity contribution < 1.29 is 4.74 Å². The van der Waals surface area contributed by atoms with Crippen LogP contribution in [-0.2, 0) is 4.74 Å². The van der Waals surface area contributed by atoms with Gasteiger partial charge in [0.05, 0.1) is 28.8 Å². The maximum Gasteiger partial charge on any atom is 0.150 e. The monoisotopic (exact) mass is 315 g/mol. The summed E-state index contributed by atoms with van der Waals surface area (Å²) in [7, 11) is 0. The third kappa shape index (κ3) is 2.57. The number of nitrogens with zero attached hydrogens (tertiary/aromatic N) is 2. The highest BCUT2D eigenvalue weighted by atomic mass is 35.5. The summed E-state index contributed by atoms with van der Waals surface area (Å²) in [6.07, 6.45) is 3.80. The first-order valence-corrected chi connectivity index (χ1v) is 7.94. The van der Waals surface area contributed by atoms with E-state index in [1.807, 2.05) is 6.92 Å². The zero-order valence-electron chi connectivity index (χ0n) is 11.5. The molecule has 6 heteroatoms. The van der Waals surface area contributed by atoms with E-state index in [0.29, 0.717) is 28.0 Å². The summed E-state index contributed by atoms with van der Waals surface area (Å²) >= 11 is 12.5. The number of aromatic nitrogens is 1. The van der Waals surface area contributed by atoms with Crippen LogP contribution in [0.1, 0.15) is 26.2 Å². The highest BCUT2D eigenvalue weighted by Crippen LogP contribution is 2.37. The number of anilines is 2. The van der Waals surface area contributed by atoms with Crippen LogP contribution >= 0.6 is 23.2 Å². The van der Waals surface area contributed by atoms with Crippen LogP contribution in [0.25, 0.3) is 0 Å². The van der Waals surface area contributed by atoms with Gasteiger partial charge < -0.3 is 15.0 Å². The van der Waals surface area contributed by atoms with Crippen LogP contribution in [0, 0.1) is 0 Å². The second kappa shape index (κ2) is 5.96. The fraction of sp³-hybridized carbons (Fsp3) is 0.643. The van der Waals surface area contributed by atoms with Gasteiger partial charge in [-0.05, 0) is 32.3 Å². The van der Waals surface area contributed by atoms with E-state index in [-0.39, 0.29) is 0 Å². The zero-order valence-corrected chi connectivity index (χ0v) is 13.0. The Balaban J connectivity index is 1.93. The van der Waals surface area contributed by atoms with E-state index in [1.54, 1.807) is 6.07 Å².